The van der Waals surface area contributed by atoms with Gasteiger partial charge in [0.25, 0.3) is 0 Å². The van der Waals surface area contributed by atoms with E-state index in [2.05, 4.69) is 29.5 Å². The van der Waals surface area contributed by atoms with Crippen LogP contribution < -0.4 is 10.6 Å². The lowest BCUT2D eigenvalue weighted by molar-refractivity contribution is -0.120. The molecule has 1 aromatic heterocycles. The second-order valence-electron chi connectivity index (χ2n) is 3.78. The van der Waals surface area contributed by atoms with Crippen LogP contribution in [-0.4, -0.2) is 24.0 Å². The third kappa shape index (κ3) is 5.49. The average molecular weight is 227 g/mol. The maximum Gasteiger partial charge on any atom is 0.233 e. The van der Waals surface area contributed by atoms with E-state index in [1.807, 2.05) is 5.38 Å². The van der Waals surface area contributed by atoms with Gasteiger partial charge in [-0.2, -0.15) is 0 Å². The molecule has 0 aliphatic carbocycles. The van der Waals surface area contributed by atoms with E-state index in [0.717, 1.165) is 12.2 Å². The summed E-state index contributed by atoms with van der Waals surface area (Å²) in [6.07, 6.45) is 0. The molecule has 1 rings (SSSR count). The quantitative estimate of drug-likeness (QED) is 0.762. The van der Waals surface area contributed by atoms with Crippen LogP contribution in [0.5, 0.6) is 0 Å². The van der Waals surface area contributed by atoms with Gasteiger partial charge in [0.15, 0.2) is 0 Å². The fraction of sp³-hybridized carbons (Fsp3) is 0.600. The number of carbonyl (C=O) groups is 1. The van der Waals surface area contributed by atoms with Crippen molar-refractivity contribution in [3.63, 3.8) is 0 Å². The number of rotatable bonds is 6. The Morgan fingerprint density at radius 3 is 3.00 bits per heavy atom. The zero-order valence-corrected chi connectivity index (χ0v) is 9.93. The Balaban J connectivity index is 2.07. The van der Waals surface area contributed by atoms with Crippen molar-refractivity contribution in [2.45, 2.75) is 20.4 Å². The lowest BCUT2D eigenvalue weighted by Gasteiger charge is -2.07. The van der Waals surface area contributed by atoms with Crippen molar-refractivity contribution in [2.24, 2.45) is 5.92 Å². The van der Waals surface area contributed by atoms with Crippen LogP contribution in [0.3, 0.4) is 0 Å². The molecule has 84 valence electrons. The lowest BCUT2D eigenvalue weighted by Crippen LogP contribution is -2.35. The van der Waals surface area contributed by atoms with E-state index in [9.17, 15) is 4.79 Å². The van der Waals surface area contributed by atoms with Crippen LogP contribution in [0.2, 0.25) is 0 Å². The van der Waals surface area contributed by atoms with Crippen LogP contribution in [0.15, 0.2) is 10.9 Å². The molecule has 0 fully saturated rings. The maximum absolute atomic E-state index is 11.3. The normalized spacial score (nSPS) is 10.6. The number of hydrogen-bond acceptors (Lipinski definition) is 4. The van der Waals surface area contributed by atoms with E-state index < -0.39 is 0 Å². The van der Waals surface area contributed by atoms with Crippen LogP contribution >= 0.6 is 11.3 Å². The van der Waals surface area contributed by atoms with Crippen molar-refractivity contribution in [3.8, 4) is 0 Å². The molecule has 0 atom stereocenters. The van der Waals surface area contributed by atoms with Crippen LogP contribution in [-0.2, 0) is 11.3 Å². The predicted molar refractivity (Wildman–Crippen MR) is 61.7 cm³/mol. The smallest absolute Gasteiger partial charge is 0.233 e. The zero-order chi connectivity index (χ0) is 11.1. The standard InChI is InChI=1S/C10H17N3OS/c1-8(2)3-12-10(14)5-11-4-9-6-15-7-13-9/h6-8,11H,3-5H2,1-2H3,(H,12,14). The monoisotopic (exact) mass is 227 g/mol. The highest BCUT2D eigenvalue weighted by Crippen LogP contribution is 1.99. The molecular formula is C10H17N3OS. The van der Waals surface area contributed by atoms with E-state index in [-0.39, 0.29) is 5.91 Å². The molecule has 0 bridgehead atoms. The van der Waals surface area contributed by atoms with Gasteiger partial charge >= 0.3 is 0 Å². The molecule has 4 nitrogen and oxygen atoms in total. The summed E-state index contributed by atoms with van der Waals surface area (Å²) >= 11 is 1.56. The number of hydrogen-bond donors (Lipinski definition) is 2. The number of thiazole rings is 1. The van der Waals surface area contributed by atoms with E-state index in [1.165, 1.54) is 0 Å². The van der Waals surface area contributed by atoms with Gasteiger partial charge in [-0.05, 0) is 5.92 Å². The van der Waals surface area contributed by atoms with Crippen molar-refractivity contribution in [3.05, 3.63) is 16.6 Å². The second kappa shape index (κ2) is 6.53. The van der Waals surface area contributed by atoms with Crippen LogP contribution in [0.4, 0.5) is 0 Å². The second-order valence-corrected chi connectivity index (χ2v) is 4.50. The summed E-state index contributed by atoms with van der Waals surface area (Å²) < 4.78 is 0. The molecule has 0 aliphatic heterocycles. The van der Waals surface area contributed by atoms with E-state index in [1.54, 1.807) is 16.8 Å². The number of amides is 1. The number of carbonyl (C=O) groups excluding carboxylic acids is 1. The Morgan fingerprint density at radius 2 is 2.40 bits per heavy atom. The topological polar surface area (TPSA) is 54.0 Å². The molecule has 0 saturated carbocycles. The molecule has 1 heterocycles. The minimum atomic E-state index is 0.0407. The summed E-state index contributed by atoms with van der Waals surface area (Å²) in [5.74, 6) is 0.534. The van der Waals surface area contributed by atoms with Gasteiger partial charge in [-0.3, -0.25) is 4.79 Å². The number of nitrogens with zero attached hydrogens (tertiary/aromatic N) is 1. The fourth-order valence-electron chi connectivity index (χ4n) is 1.01. The van der Waals surface area contributed by atoms with E-state index in [4.69, 9.17) is 0 Å². The minimum Gasteiger partial charge on any atom is -0.355 e. The van der Waals surface area contributed by atoms with Crippen molar-refractivity contribution in [1.82, 2.24) is 15.6 Å². The molecule has 0 saturated heterocycles. The van der Waals surface area contributed by atoms with Crippen molar-refractivity contribution in [2.75, 3.05) is 13.1 Å². The first-order chi connectivity index (χ1) is 7.18. The zero-order valence-electron chi connectivity index (χ0n) is 9.12. The average Bonchev–Trinajstić information content (AvgIpc) is 2.67. The van der Waals surface area contributed by atoms with Gasteiger partial charge in [-0.25, -0.2) is 4.98 Å². The highest BCUT2D eigenvalue weighted by atomic mass is 32.1. The van der Waals surface area contributed by atoms with Crippen molar-refractivity contribution in [1.29, 1.82) is 0 Å². The molecule has 15 heavy (non-hydrogen) atoms. The maximum atomic E-state index is 11.3. The molecule has 1 amide bonds. The highest BCUT2D eigenvalue weighted by molar-refractivity contribution is 7.07. The van der Waals surface area contributed by atoms with Crippen molar-refractivity contribution >= 4 is 17.2 Å². The molecule has 0 aliphatic rings. The number of aromatic nitrogens is 1. The summed E-state index contributed by atoms with van der Waals surface area (Å²) in [5, 5.41) is 7.86. The fourth-order valence-corrected chi connectivity index (χ4v) is 1.57. The number of nitrogens with one attached hydrogen (secondary N) is 2. The first-order valence-electron chi connectivity index (χ1n) is 5.03. The molecule has 0 radical (unpaired) electrons. The van der Waals surface area contributed by atoms with Gasteiger partial charge in [0.1, 0.15) is 0 Å². The molecule has 0 aromatic carbocycles. The Labute approximate surface area is 94.1 Å². The third-order valence-electron chi connectivity index (χ3n) is 1.78. The largest absolute Gasteiger partial charge is 0.355 e. The van der Waals surface area contributed by atoms with E-state index in [0.29, 0.717) is 19.0 Å². The molecule has 5 heteroatoms. The molecule has 0 spiro atoms. The lowest BCUT2D eigenvalue weighted by atomic mass is 10.2. The Kier molecular flexibility index (Phi) is 5.28. The Morgan fingerprint density at radius 1 is 1.60 bits per heavy atom. The summed E-state index contributed by atoms with van der Waals surface area (Å²) in [6, 6.07) is 0. The molecule has 0 unspecified atom stereocenters. The van der Waals surface area contributed by atoms with Crippen LogP contribution in [0.25, 0.3) is 0 Å². The Bertz CT molecular complexity index is 285. The van der Waals surface area contributed by atoms with Crippen LogP contribution in [0, 0.1) is 5.92 Å². The van der Waals surface area contributed by atoms with Gasteiger partial charge in [0, 0.05) is 18.5 Å². The van der Waals surface area contributed by atoms with Gasteiger partial charge in [-0.15, -0.1) is 11.3 Å². The van der Waals surface area contributed by atoms with Gasteiger partial charge in [0.05, 0.1) is 17.7 Å². The van der Waals surface area contributed by atoms with Crippen molar-refractivity contribution < 1.29 is 4.79 Å². The first-order valence-corrected chi connectivity index (χ1v) is 5.97. The summed E-state index contributed by atoms with van der Waals surface area (Å²) in [7, 11) is 0. The van der Waals surface area contributed by atoms with Gasteiger partial charge in [-0.1, -0.05) is 13.8 Å². The summed E-state index contributed by atoms with van der Waals surface area (Å²) in [5.41, 5.74) is 2.77. The van der Waals surface area contributed by atoms with Crippen LogP contribution in [0.1, 0.15) is 19.5 Å². The Hall–Kier alpha value is -0.940. The molecule has 1 aromatic rings. The van der Waals surface area contributed by atoms with Gasteiger partial charge in [0.2, 0.25) is 5.91 Å². The summed E-state index contributed by atoms with van der Waals surface area (Å²) in [6.45, 7) is 5.88. The van der Waals surface area contributed by atoms with E-state index >= 15 is 0 Å². The third-order valence-corrected chi connectivity index (χ3v) is 2.42. The minimum absolute atomic E-state index is 0.0407. The highest BCUT2D eigenvalue weighted by Gasteiger charge is 2.01. The van der Waals surface area contributed by atoms with Gasteiger partial charge < -0.3 is 10.6 Å². The molecule has 2 N–H and O–H groups in total. The predicted octanol–water partition coefficient (Wildman–Crippen LogP) is 1.00. The SMILES string of the molecule is CC(C)CNC(=O)CNCc1cscn1. The molecular weight excluding hydrogens is 210 g/mol. The first kappa shape index (κ1) is 12.1. The summed E-state index contributed by atoms with van der Waals surface area (Å²) in [4.78, 5) is 15.4.